The summed E-state index contributed by atoms with van der Waals surface area (Å²) in [5, 5.41) is 0. The highest BCUT2D eigenvalue weighted by molar-refractivity contribution is 8.08. The van der Waals surface area contributed by atoms with Gasteiger partial charge in [0.25, 0.3) is 0 Å². The molecule has 40 heavy (non-hydrogen) atoms. The third-order valence-electron chi connectivity index (χ3n) is 8.90. The van der Waals surface area contributed by atoms with Crippen LogP contribution >= 0.6 is 11.8 Å². The predicted octanol–water partition coefficient (Wildman–Crippen LogP) is 11.0. The first-order valence-corrected chi connectivity index (χ1v) is 16.3. The van der Waals surface area contributed by atoms with Gasteiger partial charge in [-0.1, -0.05) is 81.8 Å². The molecule has 0 saturated heterocycles. The summed E-state index contributed by atoms with van der Waals surface area (Å²) < 4.78 is 0. The molecule has 2 aliphatic carbocycles. The Labute approximate surface area is 250 Å². The normalized spacial score (nSPS) is 19.2. The fourth-order valence-electron chi connectivity index (χ4n) is 6.49. The quantitative estimate of drug-likeness (QED) is 0.201. The number of rotatable bonds is 11. The number of benzene rings is 2. The number of aryl methyl sites for hydroxylation is 2. The van der Waals surface area contributed by atoms with Crippen LogP contribution in [0.15, 0.2) is 73.5 Å². The Morgan fingerprint density at radius 1 is 0.925 bits per heavy atom. The summed E-state index contributed by atoms with van der Waals surface area (Å²) >= 11 is 1.80. The summed E-state index contributed by atoms with van der Waals surface area (Å²) in [6.45, 7) is 20.9. The Hall–Kier alpha value is -2.63. The minimum absolute atomic E-state index is 0.616. The molecule has 0 unspecified atom stereocenters. The molecular formula is C38H51NS. The first-order valence-electron chi connectivity index (χ1n) is 15.3. The van der Waals surface area contributed by atoms with E-state index < -0.39 is 0 Å². The van der Waals surface area contributed by atoms with Crippen molar-refractivity contribution in [2.45, 2.75) is 90.9 Å². The SMILES string of the molecule is C#C.C=C(C)CSC(=C)c1cccc(N(CC2CCC(c3ccc(CC)c(C)c3)CC2)C(=C)C2CCCCC2)c1. The Morgan fingerprint density at radius 3 is 2.25 bits per heavy atom. The first-order chi connectivity index (χ1) is 19.4. The molecule has 0 amide bonds. The Kier molecular flexibility index (Phi) is 12.7. The summed E-state index contributed by atoms with van der Waals surface area (Å²) in [5.41, 5.74) is 9.56. The molecule has 0 atom stereocenters. The maximum Gasteiger partial charge on any atom is 0.0414 e. The number of hydrogen-bond donors (Lipinski definition) is 0. The van der Waals surface area contributed by atoms with Crippen molar-refractivity contribution in [3.63, 3.8) is 0 Å². The van der Waals surface area contributed by atoms with Gasteiger partial charge in [-0.05, 0) is 111 Å². The van der Waals surface area contributed by atoms with Crippen LogP contribution < -0.4 is 4.90 Å². The molecule has 2 heteroatoms. The summed E-state index contributed by atoms with van der Waals surface area (Å²) in [6.07, 6.45) is 21.0. The molecule has 0 radical (unpaired) electrons. The number of allylic oxidation sites excluding steroid dienone is 1. The summed E-state index contributed by atoms with van der Waals surface area (Å²) in [5.74, 6) is 2.96. The van der Waals surface area contributed by atoms with Crippen LogP contribution in [0.25, 0.3) is 4.91 Å². The van der Waals surface area contributed by atoms with Gasteiger partial charge in [0.2, 0.25) is 0 Å². The molecule has 2 aromatic carbocycles. The zero-order valence-corrected chi connectivity index (χ0v) is 26.2. The zero-order valence-electron chi connectivity index (χ0n) is 25.4. The Balaban J connectivity index is 0.00000216. The van der Waals surface area contributed by atoms with Crippen LogP contribution in [0.2, 0.25) is 0 Å². The van der Waals surface area contributed by atoms with Crippen molar-refractivity contribution in [3.05, 3.63) is 95.7 Å². The minimum Gasteiger partial charge on any atom is -0.345 e. The van der Waals surface area contributed by atoms with Crippen molar-refractivity contribution in [2.24, 2.45) is 11.8 Å². The van der Waals surface area contributed by atoms with E-state index in [0.717, 1.165) is 23.6 Å². The van der Waals surface area contributed by atoms with E-state index in [0.29, 0.717) is 17.8 Å². The minimum atomic E-state index is 0.616. The number of thioether (sulfide) groups is 1. The van der Waals surface area contributed by atoms with Crippen LogP contribution in [0, 0.1) is 31.6 Å². The summed E-state index contributed by atoms with van der Waals surface area (Å²) in [4.78, 5) is 3.73. The molecule has 0 aliphatic heterocycles. The zero-order chi connectivity index (χ0) is 29.1. The molecule has 1 nitrogen and oxygen atoms in total. The lowest BCUT2D eigenvalue weighted by molar-refractivity contribution is 0.323. The molecule has 0 bridgehead atoms. The van der Waals surface area contributed by atoms with Crippen molar-refractivity contribution < 1.29 is 0 Å². The number of nitrogens with zero attached hydrogens (tertiary/aromatic N) is 1. The second kappa shape index (κ2) is 16.0. The van der Waals surface area contributed by atoms with Gasteiger partial charge in [0.15, 0.2) is 0 Å². The Bertz CT molecular complexity index is 1160. The summed E-state index contributed by atoms with van der Waals surface area (Å²) in [7, 11) is 0. The molecule has 2 saturated carbocycles. The maximum absolute atomic E-state index is 4.73. The van der Waals surface area contributed by atoms with E-state index in [9.17, 15) is 0 Å². The highest BCUT2D eigenvalue weighted by atomic mass is 32.2. The van der Waals surface area contributed by atoms with Crippen LogP contribution in [-0.2, 0) is 6.42 Å². The van der Waals surface area contributed by atoms with Gasteiger partial charge in [0, 0.05) is 28.6 Å². The van der Waals surface area contributed by atoms with Crippen molar-refractivity contribution >= 4 is 22.4 Å². The highest BCUT2D eigenvalue weighted by Crippen LogP contribution is 2.40. The lowest BCUT2D eigenvalue weighted by atomic mass is 9.77. The van der Waals surface area contributed by atoms with Gasteiger partial charge in [-0.15, -0.1) is 24.6 Å². The molecule has 0 aromatic heterocycles. The van der Waals surface area contributed by atoms with E-state index in [1.54, 1.807) is 17.3 Å². The number of hydrogen-bond acceptors (Lipinski definition) is 2. The lowest BCUT2D eigenvalue weighted by Gasteiger charge is -2.38. The maximum atomic E-state index is 4.73. The van der Waals surface area contributed by atoms with Crippen LogP contribution in [-0.4, -0.2) is 12.3 Å². The van der Waals surface area contributed by atoms with Crippen LogP contribution in [0.5, 0.6) is 0 Å². The fourth-order valence-corrected chi connectivity index (χ4v) is 7.21. The van der Waals surface area contributed by atoms with Crippen molar-refractivity contribution in [2.75, 3.05) is 17.2 Å². The third-order valence-corrected chi connectivity index (χ3v) is 10.1. The van der Waals surface area contributed by atoms with Crippen molar-refractivity contribution in [1.82, 2.24) is 0 Å². The van der Waals surface area contributed by atoms with E-state index in [2.05, 4.69) is 94.1 Å². The fraction of sp³-hybridized carbons (Fsp3) is 0.474. The van der Waals surface area contributed by atoms with Crippen LogP contribution in [0.4, 0.5) is 5.69 Å². The van der Waals surface area contributed by atoms with Gasteiger partial charge in [0.1, 0.15) is 0 Å². The van der Waals surface area contributed by atoms with Gasteiger partial charge in [-0.3, -0.25) is 0 Å². The molecule has 0 heterocycles. The second-order valence-electron chi connectivity index (χ2n) is 11.9. The van der Waals surface area contributed by atoms with E-state index in [1.807, 2.05) is 0 Å². The van der Waals surface area contributed by atoms with Crippen LogP contribution in [0.3, 0.4) is 0 Å². The smallest absolute Gasteiger partial charge is 0.0414 e. The second-order valence-corrected chi connectivity index (χ2v) is 13.0. The average molecular weight is 554 g/mol. The monoisotopic (exact) mass is 553 g/mol. The third kappa shape index (κ3) is 8.68. The van der Waals surface area contributed by atoms with E-state index >= 15 is 0 Å². The first kappa shape index (κ1) is 31.9. The van der Waals surface area contributed by atoms with Gasteiger partial charge < -0.3 is 4.90 Å². The molecule has 214 valence electrons. The molecule has 2 aliphatic rings. The predicted molar refractivity (Wildman–Crippen MR) is 181 cm³/mol. The molecule has 2 aromatic rings. The standard InChI is InChI=1S/C36H49NS.C2H2/c1-7-31-20-21-35(22-27(31)4)33-18-16-30(17-19-33)24-37(28(5)32-12-9-8-10-13-32)36-15-11-14-34(23-36)29(6)38-25-26(2)3;1-2/h11,14-15,20-23,30,32-33H,2,5-10,12-13,16-19,24-25H2,1,3-4H3;1-2H. The van der Waals surface area contributed by atoms with E-state index in [1.165, 1.54) is 91.4 Å². The molecule has 0 N–H and O–H groups in total. The lowest BCUT2D eigenvalue weighted by Crippen LogP contribution is -2.34. The van der Waals surface area contributed by atoms with Crippen LogP contribution in [0.1, 0.15) is 99.8 Å². The number of anilines is 1. The summed E-state index contributed by atoms with van der Waals surface area (Å²) in [6, 6.07) is 16.3. The highest BCUT2D eigenvalue weighted by Gasteiger charge is 2.28. The van der Waals surface area contributed by atoms with Gasteiger partial charge in [-0.25, -0.2) is 0 Å². The van der Waals surface area contributed by atoms with Crippen molar-refractivity contribution in [3.8, 4) is 12.8 Å². The number of terminal acetylenes is 1. The largest absolute Gasteiger partial charge is 0.345 e. The van der Waals surface area contributed by atoms with E-state index in [4.69, 9.17) is 6.58 Å². The van der Waals surface area contributed by atoms with Crippen molar-refractivity contribution in [1.29, 1.82) is 0 Å². The van der Waals surface area contributed by atoms with Gasteiger partial charge >= 0.3 is 0 Å². The average Bonchev–Trinajstić information content (AvgIpc) is 3.00. The van der Waals surface area contributed by atoms with E-state index in [-0.39, 0.29) is 0 Å². The molecule has 2 fully saturated rings. The Morgan fingerprint density at radius 2 is 1.62 bits per heavy atom. The topological polar surface area (TPSA) is 3.24 Å². The molecule has 4 rings (SSSR count). The molecule has 0 spiro atoms. The molecular weight excluding hydrogens is 502 g/mol. The van der Waals surface area contributed by atoms with Gasteiger partial charge in [-0.2, -0.15) is 0 Å². The van der Waals surface area contributed by atoms with Gasteiger partial charge in [0.05, 0.1) is 0 Å².